The van der Waals surface area contributed by atoms with E-state index in [1.807, 2.05) is 0 Å². The molecule has 13 heavy (non-hydrogen) atoms. The van der Waals surface area contributed by atoms with Gasteiger partial charge in [-0.25, -0.2) is 0 Å². The Morgan fingerprint density at radius 1 is 1.69 bits per heavy atom. The first-order valence-corrected chi connectivity index (χ1v) is 4.95. The van der Waals surface area contributed by atoms with Gasteiger partial charge >= 0.3 is 0 Å². The molecular formula is C10H14N2O. The predicted molar refractivity (Wildman–Crippen MR) is 47.6 cm³/mol. The Hall–Kier alpha value is -1.04. The topological polar surface area (TPSA) is 52.9 Å². The Morgan fingerprint density at radius 2 is 2.38 bits per heavy atom. The molecule has 0 aromatic rings. The van der Waals surface area contributed by atoms with E-state index in [0.29, 0.717) is 12.5 Å². The van der Waals surface area contributed by atoms with Gasteiger partial charge in [-0.2, -0.15) is 5.26 Å². The van der Waals surface area contributed by atoms with Crippen molar-refractivity contribution in [1.82, 2.24) is 5.32 Å². The SMILES string of the molecule is CC[C@@H]1CNC(=O)[C@@]1(C#N)C1CC1. The lowest BCUT2D eigenvalue weighted by Crippen LogP contribution is -2.35. The fourth-order valence-electron chi connectivity index (χ4n) is 2.47. The summed E-state index contributed by atoms with van der Waals surface area (Å²) in [6, 6.07) is 2.28. The average molecular weight is 178 g/mol. The Kier molecular flexibility index (Phi) is 1.80. The van der Waals surface area contributed by atoms with E-state index in [4.69, 9.17) is 0 Å². The predicted octanol–water partition coefficient (Wildman–Crippen LogP) is 1.06. The molecule has 2 aliphatic rings. The second-order valence-electron chi connectivity index (χ2n) is 4.07. The van der Waals surface area contributed by atoms with Gasteiger partial charge in [0.15, 0.2) is 0 Å². The molecule has 0 radical (unpaired) electrons. The maximum Gasteiger partial charge on any atom is 0.241 e. The summed E-state index contributed by atoms with van der Waals surface area (Å²) in [5, 5.41) is 12.0. The van der Waals surface area contributed by atoms with E-state index in [1.54, 1.807) is 0 Å². The first-order valence-electron chi connectivity index (χ1n) is 4.95. The molecule has 1 saturated carbocycles. The van der Waals surface area contributed by atoms with Crippen LogP contribution in [0.3, 0.4) is 0 Å². The molecule has 0 bridgehead atoms. The summed E-state index contributed by atoms with van der Waals surface area (Å²) in [7, 11) is 0. The number of nitriles is 1. The molecule has 70 valence electrons. The summed E-state index contributed by atoms with van der Waals surface area (Å²) >= 11 is 0. The van der Waals surface area contributed by atoms with E-state index >= 15 is 0 Å². The smallest absolute Gasteiger partial charge is 0.241 e. The molecule has 2 atom stereocenters. The van der Waals surface area contributed by atoms with Crippen molar-refractivity contribution in [3.63, 3.8) is 0 Å². The monoisotopic (exact) mass is 178 g/mol. The number of nitrogens with zero attached hydrogens (tertiary/aromatic N) is 1. The first-order chi connectivity index (χ1) is 6.25. The highest BCUT2D eigenvalue weighted by Crippen LogP contribution is 2.52. The highest BCUT2D eigenvalue weighted by atomic mass is 16.2. The van der Waals surface area contributed by atoms with Gasteiger partial charge in [0.1, 0.15) is 5.41 Å². The van der Waals surface area contributed by atoms with Crippen molar-refractivity contribution in [3.8, 4) is 6.07 Å². The standard InChI is InChI=1S/C10H14N2O/c1-2-7-5-12-9(13)10(7,6-11)8-3-4-8/h7-8H,2-5H2,1H3,(H,12,13)/t7-,10-/m1/s1. The van der Waals surface area contributed by atoms with Gasteiger partial charge in [-0.1, -0.05) is 6.92 Å². The molecular weight excluding hydrogens is 164 g/mol. The van der Waals surface area contributed by atoms with E-state index in [2.05, 4.69) is 18.3 Å². The molecule has 1 N–H and O–H groups in total. The Balaban J connectivity index is 2.33. The largest absolute Gasteiger partial charge is 0.354 e. The van der Waals surface area contributed by atoms with Gasteiger partial charge in [0, 0.05) is 12.5 Å². The van der Waals surface area contributed by atoms with Crippen LogP contribution in [0.2, 0.25) is 0 Å². The maximum absolute atomic E-state index is 11.6. The van der Waals surface area contributed by atoms with Crippen LogP contribution in [0.4, 0.5) is 0 Å². The number of hydrogen-bond donors (Lipinski definition) is 1. The molecule has 1 aliphatic carbocycles. The van der Waals surface area contributed by atoms with Crippen LogP contribution < -0.4 is 5.32 Å². The fraction of sp³-hybridized carbons (Fsp3) is 0.800. The summed E-state index contributed by atoms with van der Waals surface area (Å²) in [6.07, 6.45) is 3.03. The van der Waals surface area contributed by atoms with Crippen LogP contribution in [0, 0.1) is 28.6 Å². The van der Waals surface area contributed by atoms with Crippen molar-refractivity contribution in [2.45, 2.75) is 26.2 Å². The summed E-state index contributed by atoms with van der Waals surface area (Å²) in [6.45, 7) is 2.75. The molecule has 3 nitrogen and oxygen atoms in total. The lowest BCUT2D eigenvalue weighted by molar-refractivity contribution is -0.127. The minimum absolute atomic E-state index is 0.0237. The number of amides is 1. The lowest BCUT2D eigenvalue weighted by Gasteiger charge is -2.23. The third-order valence-electron chi connectivity index (χ3n) is 3.43. The van der Waals surface area contributed by atoms with Crippen molar-refractivity contribution in [1.29, 1.82) is 5.26 Å². The highest BCUT2D eigenvalue weighted by Gasteiger charge is 2.58. The van der Waals surface area contributed by atoms with E-state index in [9.17, 15) is 10.1 Å². The summed E-state index contributed by atoms with van der Waals surface area (Å²) in [5.41, 5.74) is -0.672. The van der Waals surface area contributed by atoms with Crippen LogP contribution >= 0.6 is 0 Å². The van der Waals surface area contributed by atoms with Gasteiger partial charge in [0.05, 0.1) is 6.07 Å². The van der Waals surface area contributed by atoms with Crippen molar-refractivity contribution >= 4 is 5.91 Å². The molecule has 1 heterocycles. The van der Waals surface area contributed by atoms with Crippen molar-refractivity contribution in [3.05, 3.63) is 0 Å². The number of carbonyl (C=O) groups excluding carboxylic acids is 1. The van der Waals surface area contributed by atoms with Crippen LogP contribution in [-0.4, -0.2) is 12.5 Å². The zero-order valence-corrected chi connectivity index (χ0v) is 7.84. The van der Waals surface area contributed by atoms with E-state index in [0.717, 1.165) is 19.3 Å². The van der Waals surface area contributed by atoms with Crippen LogP contribution in [0.25, 0.3) is 0 Å². The van der Waals surface area contributed by atoms with Crippen molar-refractivity contribution in [2.75, 3.05) is 6.54 Å². The van der Waals surface area contributed by atoms with Crippen LogP contribution in [-0.2, 0) is 4.79 Å². The van der Waals surface area contributed by atoms with Gasteiger partial charge in [-0.05, 0) is 25.2 Å². The van der Waals surface area contributed by atoms with E-state index < -0.39 is 5.41 Å². The van der Waals surface area contributed by atoms with Gasteiger partial charge in [0.2, 0.25) is 5.91 Å². The second-order valence-corrected chi connectivity index (χ2v) is 4.07. The van der Waals surface area contributed by atoms with Crippen molar-refractivity contribution in [2.24, 2.45) is 17.3 Å². The molecule has 0 aromatic carbocycles. The Morgan fingerprint density at radius 3 is 2.85 bits per heavy atom. The lowest BCUT2D eigenvalue weighted by atomic mass is 9.73. The molecule has 0 aromatic heterocycles. The van der Waals surface area contributed by atoms with E-state index in [-0.39, 0.29) is 11.8 Å². The Bertz CT molecular complexity index is 277. The molecule has 0 unspecified atom stereocenters. The summed E-state index contributed by atoms with van der Waals surface area (Å²) in [4.78, 5) is 11.6. The fourth-order valence-corrected chi connectivity index (χ4v) is 2.47. The molecule has 0 spiro atoms. The normalized spacial score (nSPS) is 38.5. The minimum atomic E-state index is -0.672. The molecule has 1 amide bonds. The number of nitrogens with one attached hydrogen (secondary N) is 1. The third-order valence-corrected chi connectivity index (χ3v) is 3.43. The molecule has 3 heteroatoms. The minimum Gasteiger partial charge on any atom is -0.354 e. The maximum atomic E-state index is 11.6. The number of rotatable bonds is 2. The quantitative estimate of drug-likeness (QED) is 0.687. The van der Waals surface area contributed by atoms with Crippen LogP contribution in [0.15, 0.2) is 0 Å². The van der Waals surface area contributed by atoms with Crippen LogP contribution in [0.1, 0.15) is 26.2 Å². The van der Waals surface area contributed by atoms with Gasteiger partial charge in [-0.15, -0.1) is 0 Å². The highest BCUT2D eigenvalue weighted by molar-refractivity contribution is 5.88. The number of carbonyl (C=O) groups is 1. The van der Waals surface area contributed by atoms with E-state index in [1.165, 1.54) is 0 Å². The van der Waals surface area contributed by atoms with Gasteiger partial charge < -0.3 is 5.32 Å². The number of hydrogen-bond acceptors (Lipinski definition) is 2. The van der Waals surface area contributed by atoms with Gasteiger partial charge in [-0.3, -0.25) is 4.79 Å². The zero-order chi connectivity index (χ0) is 9.47. The first kappa shape index (κ1) is 8.55. The van der Waals surface area contributed by atoms with Gasteiger partial charge in [0.25, 0.3) is 0 Å². The molecule has 1 saturated heterocycles. The second kappa shape index (κ2) is 2.73. The molecule has 2 fully saturated rings. The Labute approximate surface area is 78.1 Å². The summed E-state index contributed by atoms with van der Waals surface area (Å²) < 4.78 is 0. The molecule has 1 aliphatic heterocycles. The zero-order valence-electron chi connectivity index (χ0n) is 7.84. The average Bonchev–Trinajstić information content (AvgIpc) is 2.92. The third kappa shape index (κ3) is 0.980. The molecule has 2 rings (SSSR count). The van der Waals surface area contributed by atoms with Crippen molar-refractivity contribution < 1.29 is 4.79 Å². The summed E-state index contributed by atoms with van der Waals surface area (Å²) in [5.74, 6) is 0.548. The van der Waals surface area contributed by atoms with Crippen LogP contribution in [0.5, 0.6) is 0 Å².